The summed E-state index contributed by atoms with van der Waals surface area (Å²) in [6.07, 6.45) is 3.97. The first-order chi connectivity index (χ1) is 11.3. The minimum atomic E-state index is -0.168. The lowest BCUT2D eigenvalue weighted by Crippen LogP contribution is -2.17. The summed E-state index contributed by atoms with van der Waals surface area (Å²) in [5.74, 6) is 0.697. The number of hydrogen-bond donors (Lipinski definition) is 0. The highest BCUT2D eigenvalue weighted by molar-refractivity contribution is 5.82. The molecule has 0 saturated carbocycles. The van der Waals surface area contributed by atoms with Gasteiger partial charge in [-0.15, -0.1) is 0 Å². The molecule has 3 aromatic rings. The van der Waals surface area contributed by atoms with E-state index in [0.717, 1.165) is 47.9 Å². The molecule has 0 atom stereocenters. The maximum absolute atomic E-state index is 12.5. The Bertz CT molecular complexity index is 877. The second-order valence-electron chi connectivity index (χ2n) is 5.99. The molecule has 1 aliphatic rings. The first-order valence-corrected chi connectivity index (χ1v) is 8.14. The van der Waals surface area contributed by atoms with Gasteiger partial charge in [-0.2, -0.15) is 0 Å². The smallest absolute Gasteiger partial charge is 0.339 e. The molecule has 2 heteroatoms. The van der Waals surface area contributed by atoms with E-state index in [1.165, 1.54) is 5.56 Å². The molecule has 23 heavy (non-hydrogen) atoms. The van der Waals surface area contributed by atoms with Crippen LogP contribution in [0, 0.1) is 0 Å². The molecular formula is C21H18O2. The number of benzene rings is 2. The first kappa shape index (κ1) is 14.0. The van der Waals surface area contributed by atoms with Gasteiger partial charge in [0.15, 0.2) is 0 Å². The number of hydrogen-bond acceptors (Lipinski definition) is 2. The van der Waals surface area contributed by atoms with E-state index in [2.05, 4.69) is 12.1 Å². The number of rotatable bonds is 2. The van der Waals surface area contributed by atoms with Gasteiger partial charge in [0.1, 0.15) is 5.76 Å². The van der Waals surface area contributed by atoms with Gasteiger partial charge < -0.3 is 4.42 Å². The third kappa shape index (κ3) is 2.50. The Morgan fingerprint density at radius 3 is 1.91 bits per heavy atom. The molecule has 2 aromatic carbocycles. The SMILES string of the molecule is O=c1oc(-c2ccccc2)c(-c2ccccc2)c2c1CCCC2. The van der Waals surface area contributed by atoms with Gasteiger partial charge in [0.05, 0.1) is 0 Å². The summed E-state index contributed by atoms with van der Waals surface area (Å²) in [5, 5.41) is 0. The largest absolute Gasteiger partial charge is 0.422 e. The zero-order valence-electron chi connectivity index (χ0n) is 12.9. The summed E-state index contributed by atoms with van der Waals surface area (Å²) in [6, 6.07) is 20.2. The quantitative estimate of drug-likeness (QED) is 0.677. The van der Waals surface area contributed by atoms with Crippen LogP contribution in [-0.4, -0.2) is 0 Å². The molecule has 1 aromatic heterocycles. The average molecular weight is 302 g/mol. The third-order valence-corrected chi connectivity index (χ3v) is 4.54. The van der Waals surface area contributed by atoms with Crippen LogP contribution < -0.4 is 5.63 Å². The Hall–Kier alpha value is -2.61. The number of fused-ring (bicyclic) bond motifs is 1. The molecule has 0 amide bonds. The van der Waals surface area contributed by atoms with Gasteiger partial charge in [0, 0.05) is 16.7 Å². The van der Waals surface area contributed by atoms with E-state index in [4.69, 9.17) is 4.42 Å². The van der Waals surface area contributed by atoms with Crippen molar-refractivity contribution in [3.63, 3.8) is 0 Å². The Balaban J connectivity index is 2.06. The van der Waals surface area contributed by atoms with Crippen LogP contribution in [0.4, 0.5) is 0 Å². The molecule has 0 saturated heterocycles. The van der Waals surface area contributed by atoms with E-state index in [1.807, 2.05) is 48.5 Å². The van der Waals surface area contributed by atoms with Crippen LogP contribution in [0.1, 0.15) is 24.0 Å². The van der Waals surface area contributed by atoms with Gasteiger partial charge in [0.2, 0.25) is 0 Å². The highest BCUT2D eigenvalue weighted by atomic mass is 16.4. The lowest BCUT2D eigenvalue weighted by atomic mass is 9.85. The van der Waals surface area contributed by atoms with E-state index in [-0.39, 0.29) is 5.63 Å². The zero-order valence-corrected chi connectivity index (χ0v) is 12.9. The summed E-state index contributed by atoms with van der Waals surface area (Å²) >= 11 is 0. The maximum Gasteiger partial charge on any atom is 0.339 e. The predicted molar refractivity (Wildman–Crippen MR) is 92.5 cm³/mol. The Labute approximate surface area is 135 Å². The van der Waals surface area contributed by atoms with Crippen LogP contribution in [0.2, 0.25) is 0 Å². The van der Waals surface area contributed by atoms with Crippen LogP contribution in [-0.2, 0) is 12.8 Å². The molecule has 114 valence electrons. The fourth-order valence-corrected chi connectivity index (χ4v) is 3.45. The molecule has 0 N–H and O–H groups in total. The van der Waals surface area contributed by atoms with E-state index >= 15 is 0 Å². The maximum atomic E-state index is 12.5. The molecule has 1 heterocycles. The van der Waals surface area contributed by atoms with Gasteiger partial charge in [-0.3, -0.25) is 0 Å². The summed E-state index contributed by atoms with van der Waals surface area (Å²) in [4.78, 5) is 12.5. The van der Waals surface area contributed by atoms with E-state index in [9.17, 15) is 4.79 Å². The molecular weight excluding hydrogens is 284 g/mol. The third-order valence-electron chi connectivity index (χ3n) is 4.54. The topological polar surface area (TPSA) is 30.2 Å². The fraction of sp³-hybridized carbons (Fsp3) is 0.190. The van der Waals surface area contributed by atoms with Crippen molar-refractivity contribution in [3.8, 4) is 22.5 Å². The molecule has 0 radical (unpaired) electrons. The summed E-state index contributed by atoms with van der Waals surface area (Å²) in [6.45, 7) is 0. The Kier molecular flexibility index (Phi) is 3.58. The average Bonchev–Trinajstić information content (AvgIpc) is 2.63. The molecule has 0 aliphatic heterocycles. The van der Waals surface area contributed by atoms with Crippen LogP contribution in [0.25, 0.3) is 22.5 Å². The standard InChI is InChI=1S/C21H18O2/c22-21-18-14-8-7-13-17(18)19(15-9-3-1-4-10-15)20(23-21)16-11-5-2-6-12-16/h1-6,9-12H,7-8,13-14H2. The monoisotopic (exact) mass is 302 g/mol. The van der Waals surface area contributed by atoms with Gasteiger partial charge >= 0.3 is 5.63 Å². The minimum absolute atomic E-state index is 0.168. The van der Waals surface area contributed by atoms with Crippen molar-refractivity contribution in [2.45, 2.75) is 25.7 Å². The Morgan fingerprint density at radius 2 is 1.26 bits per heavy atom. The lowest BCUT2D eigenvalue weighted by Gasteiger charge is -2.20. The predicted octanol–water partition coefficient (Wildman–Crippen LogP) is 4.85. The van der Waals surface area contributed by atoms with Crippen molar-refractivity contribution in [3.05, 3.63) is 82.2 Å². The molecule has 4 rings (SSSR count). The van der Waals surface area contributed by atoms with Crippen molar-refractivity contribution in [2.75, 3.05) is 0 Å². The van der Waals surface area contributed by atoms with Gasteiger partial charge in [0.25, 0.3) is 0 Å². The molecule has 0 bridgehead atoms. The normalized spacial score (nSPS) is 13.6. The summed E-state index contributed by atoms with van der Waals surface area (Å²) < 4.78 is 5.79. The fourth-order valence-electron chi connectivity index (χ4n) is 3.45. The Morgan fingerprint density at radius 1 is 0.696 bits per heavy atom. The highest BCUT2D eigenvalue weighted by Crippen LogP contribution is 2.37. The molecule has 0 spiro atoms. The molecule has 0 unspecified atom stereocenters. The lowest BCUT2D eigenvalue weighted by molar-refractivity contribution is 0.504. The summed E-state index contributed by atoms with van der Waals surface area (Å²) in [5.41, 5.74) is 5.04. The minimum Gasteiger partial charge on any atom is -0.422 e. The van der Waals surface area contributed by atoms with Gasteiger partial charge in [-0.25, -0.2) is 4.79 Å². The van der Waals surface area contributed by atoms with Gasteiger partial charge in [-0.1, -0.05) is 60.7 Å². The molecule has 0 fully saturated rings. The van der Waals surface area contributed by atoms with Crippen molar-refractivity contribution in [2.24, 2.45) is 0 Å². The zero-order chi connectivity index (χ0) is 15.6. The molecule has 2 nitrogen and oxygen atoms in total. The second-order valence-corrected chi connectivity index (χ2v) is 5.99. The van der Waals surface area contributed by atoms with Crippen molar-refractivity contribution >= 4 is 0 Å². The van der Waals surface area contributed by atoms with Crippen LogP contribution in [0.5, 0.6) is 0 Å². The van der Waals surface area contributed by atoms with Crippen LogP contribution in [0.3, 0.4) is 0 Å². The van der Waals surface area contributed by atoms with E-state index < -0.39 is 0 Å². The van der Waals surface area contributed by atoms with Crippen molar-refractivity contribution < 1.29 is 4.42 Å². The van der Waals surface area contributed by atoms with Gasteiger partial charge in [-0.05, 0) is 36.8 Å². The van der Waals surface area contributed by atoms with E-state index in [0.29, 0.717) is 5.76 Å². The van der Waals surface area contributed by atoms with E-state index in [1.54, 1.807) is 0 Å². The van der Waals surface area contributed by atoms with Crippen molar-refractivity contribution in [1.29, 1.82) is 0 Å². The highest BCUT2D eigenvalue weighted by Gasteiger charge is 2.23. The second kappa shape index (κ2) is 5.88. The summed E-state index contributed by atoms with van der Waals surface area (Å²) in [7, 11) is 0. The first-order valence-electron chi connectivity index (χ1n) is 8.14. The van der Waals surface area contributed by atoms with Crippen molar-refractivity contribution in [1.82, 2.24) is 0 Å². The van der Waals surface area contributed by atoms with Crippen LogP contribution >= 0.6 is 0 Å². The molecule has 1 aliphatic carbocycles. The van der Waals surface area contributed by atoms with Crippen LogP contribution in [0.15, 0.2) is 69.9 Å².